The first kappa shape index (κ1) is 18.9. The highest BCUT2D eigenvalue weighted by Gasteiger charge is 2.38. The van der Waals surface area contributed by atoms with E-state index < -0.39 is 0 Å². The van der Waals surface area contributed by atoms with Crippen LogP contribution in [0, 0.1) is 5.92 Å². The van der Waals surface area contributed by atoms with E-state index in [0.29, 0.717) is 23.9 Å². The van der Waals surface area contributed by atoms with Gasteiger partial charge in [-0.25, -0.2) is 0 Å². The molecule has 3 aliphatic rings. The maximum Gasteiger partial charge on any atom is 0.260 e. The molecule has 1 aromatic carbocycles. The van der Waals surface area contributed by atoms with E-state index in [2.05, 4.69) is 15.0 Å². The summed E-state index contributed by atoms with van der Waals surface area (Å²) < 4.78 is 11.1. The van der Waals surface area contributed by atoms with Crippen LogP contribution in [0.4, 0.5) is 0 Å². The molecule has 5 rings (SSSR count). The van der Waals surface area contributed by atoms with Gasteiger partial charge in [-0.05, 0) is 56.3 Å². The molecule has 1 aliphatic carbocycles. The molecule has 3 fully saturated rings. The summed E-state index contributed by atoms with van der Waals surface area (Å²) in [5, 5.41) is 4.80. The first-order chi connectivity index (χ1) is 14.2. The Morgan fingerprint density at radius 1 is 1.28 bits per heavy atom. The van der Waals surface area contributed by atoms with Crippen molar-refractivity contribution in [2.45, 2.75) is 37.6 Å². The van der Waals surface area contributed by atoms with E-state index in [0.717, 1.165) is 37.1 Å². The number of amides is 1. The number of aromatic nitrogens is 2. The minimum Gasteiger partial charge on any atom is -0.484 e. The van der Waals surface area contributed by atoms with Gasteiger partial charge in [-0.1, -0.05) is 22.8 Å². The van der Waals surface area contributed by atoms with E-state index in [1.807, 2.05) is 0 Å². The van der Waals surface area contributed by atoms with Gasteiger partial charge < -0.3 is 14.2 Å². The van der Waals surface area contributed by atoms with Crippen LogP contribution >= 0.6 is 11.6 Å². The number of ether oxygens (including phenoxy) is 1. The summed E-state index contributed by atoms with van der Waals surface area (Å²) >= 11 is 5.93. The van der Waals surface area contributed by atoms with Crippen LogP contribution < -0.4 is 4.74 Å². The lowest BCUT2D eigenvalue weighted by atomic mass is 9.99. The molecule has 7 nitrogen and oxygen atoms in total. The zero-order valence-electron chi connectivity index (χ0n) is 16.3. The van der Waals surface area contributed by atoms with E-state index in [9.17, 15) is 4.79 Å². The van der Waals surface area contributed by atoms with Gasteiger partial charge >= 0.3 is 0 Å². The Labute approximate surface area is 174 Å². The third-order valence-electron chi connectivity index (χ3n) is 6.05. The van der Waals surface area contributed by atoms with E-state index in [1.54, 1.807) is 29.2 Å². The number of carbonyl (C=O) groups excluding carboxylic acids is 1. The molecule has 0 bridgehead atoms. The predicted molar refractivity (Wildman–Crippen MR) is 107 cm³/mol. The van der Waals surface area contributed by atoms with Crippen LogP contribution in [0.3, 0.4) is 0 Å². The Bertz CT molecular complexity index is 878. The topological polar surface area (TPSA) is 71.7 Å². The number of hydrogen-bond donors (Lipinski definition) is 0. The molecule has 2 saturated heterocycles. The first-order valence-electron chi connectivity index (χ1n) is 10.4. The Hall–Kier alpha value is -2.12. The molecule has 154 valence electrons. The Kier molecular flexibility index (Phi) is 5.18. The fraction of sp³-hybridized carbons (Fsp3) is 0.571. The van der Waals surface area contributed by atoms with Gasteiger partial charge in [0.25, 0.3) is 5.91 Å². The molecule has 1 atom stereocenters. The lowest BCUT2D eigenvalue weighted by Gasteiger charge is -2.37. The van der Waals surface area contributed by atoms with Gasteiger partial charge in [-0.3, -0.25) is 9.69 Å². The van der Waals surface area contributed by atoms with Crippen molar-refractivity contribution in [3.05, 3.63) is 41.0 Å². The number of benzene rings is 1. The van der Waals surface area contributed by atoms with Crippen LogP contribution in [0.2, 0.25) is 5.02 Å². The zero-order valence-corrected chi connectivity index (χ0v) is 17.1. The largest absolute Gasteiger partial charge is 0.484 e. The maximum absolute atomic E-state index is 12.3. The molecule has 29 heavy (non-hydrogen) atoms. The molecule has 0 spiro atoms. The Balaban J connectivity index is 1.12. The van der Waals surface area contributed by atoms with Crippen LogP contribution in [0.25, 0.3) is 0 Å². The molecule has 1 aromatic heterocycles. The molecule has 0 radical (unpaired) electrons. The SMILES string of the molecule is O=C(COc1cccc(Cl)c1)N1CC(c2noc(C3CCCN3CC3CC3)n2)C1. The molecule has 1 saturated carbocycles. The quantitative estimate of drug-likeness (QED) is 0.689. The standard InChI is InChI=1S/C21H25ClN4O3/c22-16-3-1-4-17(9-16)28-13-19(27)26-11-15(12-26)20-23-21(29-24-20)18-5-2-8-25(18)10-14-6-7-14/h1,3-4,9,14-15,18H,2,5-8,10-13H2. The second kappa shape index (κ2) is 7.95. The number of nitrogens with zero attached hydrogens (tertiary/aromatic N) is 4. The van der Waals surface area contributed by atoms with E-state index in [-0.39, 0.29) is 24.5 Å². The number of likely N-dealkylation sites (tertiary alicyclic amines) is 2. The number of rotatable bonds is 7. The molecule has 8 heteroatoms. The minimum absolute atomic E-state index is 0.00274. The normalized spacial score (nSPS) is 22.7. The van der Waals surface area contributed by atoms with Gasteiger partial charge in [0.15, 0.2) is 12.4 Å². The fourth-order valence-corrected chi connectivity index (χ4v) is 4.32. The van der Waals surface area contributed by atoms with Gasteiger partial charge in [0, 0.05) is 24.7 Å². The molecular formula is C21H25ClN4O3. The van der Waals surface area contributed by atoms with Crippen molar-refractivity contribution in [1.82, 2.24) is 19.9 Å². The molecule has 1 unspecified atom stereocenters. The molecule has 2 aromatic rings. The van der Waals surface area contributed by atoms with Crippen molar-refractivity contribution in [2.75, 3.05) is 32.8 Å². The van der Waals surface area contributed by atoms with Crippen molar-refractivity contribution in [3.63, 3.8) is 0 Å². The van der Waals surface area contributed by atoms with Gasteiger partial charge in [0.05, 0.1) is 12.0 Å². The predicted octanol–water partition coefficient (Wildman–Crippen LogP) is 3.27. The Morgan fingerprint density at radius 2 is 2.14 bits per heavy atom. The number of halogens is 1. The summed E-state index contributed by atoms with van der Waals surface area (Å²) in [7, 11) is 0. The highest BCUT2D eigenvalue weighted by atomic mass is 35.5. The fourth-order valence-electron chi connectivity index (χ4n) is 4.14. The molecule has 1 amide bonds. The second-order valence-electron chi connectivity index (χ2n) is 8.33. The van der Waals surface area contributed by atoms with Gasteiger partial charge in [-0.2, -0.15) is 4.98 Å². The summed E-state index contributed by atoms with van der Waals surface area (Å²) in [4.78, 5) is 21.3. The number of carbonyl (C=O) groups is 1. The van der Waals surface area contributed by atoms with Crippen LogP contribution in [-0.2, 0) is 4.79 Å². The van der Waals surface area contributed by atoms with Crippen molar-refractivity contribution in [1.29, 1.82) is 0 Å². The lowest BCUT2D eigenvalue weighted by molar-refractivity contribution is -0.138. The smallest absolute Gasteiger partial charge is 0.260 e. The van der Waals surface area contributed by atoms with Crippen LogP contribution in [0.1, 0.15) is 49.4 Å². The van der Waals surface area contributed by atoms with E-state index >= 15 is 0 Å². The maximum atomic E-state index is 12.3. The Morgan fingerprint density at radius 3 is 2.93 bits per heavy atom. The summed E-state index contributed by atoms with van der Waals surface area (Å²) in [6, 6.07) is 7.32. The highest BCUT2D eigenvalue weighted by molar-refractivity contribution is 6.30. The monoisotopic (exact) mass is 416 g/mol. The average Bonchev–Trinajstić information content (AvgIpc) is 3.15. The summed E-state index contributed by atoms with van der Waals surface area (Å²) in [6.07, 6.45) is 4.98. The van der Waals surface area contributed by atoms with Crippen molar-refractivity contribution >= 4 is 17.5 Å². The van der Waals surface area contributed by atoms with Gasteiger partial charge in [0.2, 0.25) is 5.89 Å². The van der Waals surface area contributed by atoms with Gasteiger partial charge in [0.1, 0.15) is 5.75 Å². The van der Waals surface area contributed by atoms with Crippen molar-refractivity contribution < 1.29 is 14.1 Å². The lowest BCUT2D eigenvalue weighted by Crippen LogP contribution is -2.50. The van der Waals surface area contributed by atoms with Crippen LogP contribution in [0.5, 0.6) is 5.75 Å². The molecule has 0 N–H and O–H groups in total. The molecule has 2 aliphatic heterocycles. The summed E-state index contributed by atoms with van der Waals surface area (Å²) in [6.45, 7) is 3.49. The second-order valence-corrected chi connectivity index (χ2v) is 8.77. The third kappa shape index (κ3) is 4.26. The zero-order chi connectivity index (χ0) is 19.8. The van der Waals surface area contributed by atoms with Gasteiger partial charge in [-0.15, -0.1) is 0 Å². The summed E-state index contributed by atoms with van der Waals surface area (Å²) in [5.41, 5.74) is 0. The average molecular weight is 417 g/mol. The first-order valence-corrected chi connectivity index (χ1v) is 10.8. The molecular weight excluding hydrogens is 392 g/mol. The van der Waals surface area contributed by atoms with Crippen LogP contribution in [-0.4, -0.2) is 58.6 Å². The van der Waals surface area contributed by atoms with Crippen molar-refractivity contribution in [2.24, 2.45) is 5.92 Å². The third-order valence-corrected chi connectivity index (χ3v) is 6.29. The van der Waals surface area contributed by atoms with E-state index in [1.165, 1.54) is 19.3 Å². The highest BCUT2D eigenvalue weighted by Crippen LogP contribution is 2.37. The van der Waals surface area contributed by atoms with Crippen LogP contribution in [0.15, 0.2) is 28.8 Å². The summed E-state index contributed by atoms with van der Waals surface area (Å²) in [5.74, 6) is 3.01. The van der Waals surface area contributed by atoms with Crippen molar-refractivity contribution in [3.8, 4) is 5.75 Å². The number of hydrogen-bond acceptors (Lipinski definition) is 6. The van der Waals surface area contributed by atoms with E-state index in [4.69, 9.17) is 20.9 Å². The minimum atomic E-state index is -0.0451. The molecule has 3 heterocycles.